The van der Waals surface area contributed by atoms with E-state index in [-0.39, 0.29) is 17.2 Å². The molecule has 2 fully saturated rings. The van der Waals surface area contributed by atoms with Gasteiger partial charge in [-0.3, -0.25) is 4.79 Å². The molecule has 1 aromatic rings. The average Bonchev–Trinajstić information content (AvgIpc) is 3.12. The Balaban J connectivity index is 1.54. The second-order valence-corrected chi connectivity index (χ2v) is 8.12. The number of nitrogens with one attached hydrogen (secondary N) is 1. The third-order valence-electron chi connectivity index (χ3n) is 5.26. The molecule has 5 heteroatoms. The lowest BCUT2D eigenvalue weighted by Crippen LogP contribution is -2.43. The summed E-state index contributed by atoms with van der Waals surface area (Å²) in [6.07, 6.45) is 6.80. The fourth-order valence-electron chi connectivity index (χ4n) is 4.09. The van der Waals surface area contributed by atoms with Gasteiger partial charge >= 0.3 is 0 Å². The zero-order chi connectivity index (χ0) is 15.7. The van der Waals surface area contributed by atoms with Crippen LogP contribution in [0.5, 0.6) is 0 Å². The van der Waals surface area contributed by atoms with Crippen molar-refractivity contribution in [2.45, 2.75) is 55.8 Å². The Morgan fingerprint density at radius 2 is 2.18 bits per heavy atom. The topological polar surface area (TPSA) is 56.0 Å². The van der Waals surface area contributed by atoms with Crippen molar-refractivity contribution in [1.82, 2.24) is 5.32 Å². The fraction of sp³-hybridized carbons (Fsp3) is 0.647. The molecule has 0 aliphatic heterocycles. The zero-order valence-corrected chi connectivity index (χ0v) is 14.0. The first-order chi connectivity index (χ1) is 10.5. The molecular weight excluding hydrogens is 296 g/mol. The number of amides is 1. The molecule has 2 saturated carbocycles. The Kier molecular flexibility index (Phi) is 4.62. The number of hydrogen-bond donors (Lipinski definition) is 1. The third-order valence-corrected chi connectivity index (χ3v) is 6.39. The number of aromatic nitrogens is 1. The third kappa shape index (κ3) is 3.24. The largest absolute Gasteiger partial charge is 0.618 e. The van der Waals surface area contributed by atoms with Crippen molar-refractivity contribution in [2.75, 3.05) is 0 Å². The van der Waals surface area contributed by atoms with E-state index < -0.39 is 0 Å². The highest BCUT2D eigenvalue weighted by molar-refractivity contribution is 8.00. The molecule has 5 atom stereocenters. The summed E-state index contributed by atoms with van der Waals surface area (Å²) in [6, 6.07) is 5.50. The van der Waals surface area contributed by atoms with Gasteiger partial charge in [-0.15, -0.1) is 0 Å². The van der Waals surface area contributed by atoms with Crippen molar-refractivity contribution in [3.63, 3.8) is 0 Å². The van der Waals surface area contributed by atoms with Crippen LogP contribution in [-0.4, -0.2) is 17.2 Å². The molecule has 0 spiro atoms. The van der Waals surface area contributed by atoms with Gasteiger partial charge in [0.2, 0.25) is 5.91 Å². The Morgan fingerprint density at radius 3 is 2.82 bits per heavy atom. The molecule has 0 radical (unpaired) electrons. The van der Waals surface area contributed by atoms with Crippen LogP contribution in [0.3, 0.4) is 0 Å². The number of rotatable bonds is 5. The van der Waals surface area contributed by atoms with Crippen LogP contribution < -0.4 is 10.0 Å². The van der Waals surface area contributed by atoms with Gasteiger partial charge in [-0.25, -0.2) is 0 Å². The molecule has 1 heterocycles. The molecule has 1 aromatic heterocycles. The van der Waals surface area contributed by atoms with Gasteiger partial charge in [0.15, 0.2) is 6.20 Å². The summed E-state index contributed by atoms with van der Waals surface area (Å²) >= 11 is 1.32. The van der Waals surface area contributed by atoms with E-state index in [2.05, 4.69) is 12.2 Å². The maximum atomic E-state index is 12.4. The first-order valence-corrected chi connectivity index (χ1v) is 9.07. The Hall–Kier alpha value is -1.23. The minimum Gasteiger partial charge on any atom is -0.618 e. The second-order valence-electron chi connectivity index (χ2n) is 6.76. The summed E-state index contributed by atoms with van der Waals surface area (Å²) in [6.45, 7) is 4.00. The summed E-state index contributed by atoms with van der Waals surface area (Å²) < 4.78 is 0.813. The van der Waals surface area contributed by atoms with Crippen molar-refractivity contribution >= 4 is 17.7 Å². The number of hydrogen-bond acceptors (Lipinski definition) is 3. The average molecular weight is 320 g/mol. The predicted molar refractivity (Wildman–Crippen MR) is 87.3 cm³/mol. The molecular formula is C17H24N2O2S. The molecule has 0 saturated heterocycles. The van der Waals surface area contributed by atoms with Gasteiger partial charge in [0, 0.05) is 18.2 Å². The van der Waals surface area contributed by atoms with Crippen LogP contribution in [-0.2, 0) is 4.79 Å². The minimum atomic E-state index is -0.261. The lowest BCUT2D eigenvalue weighted by molar-refractivity contribution is -0.645. The summed E-state index contributed by atoms with van der Waals surface area (Å²) in [5, 5.41) is 15.1. The Morgan fingerprint density at radius 1 is 1.36 bits per heavy atom. The summed E-state index contributed by atoms with van der Waals surface area (Å²) in [5.74, 6) is 2.37. The second kappa shape index (κ2) is 6.49. The molecule has 2 bridgehead atoms. The van der Waals surface area contributed by atoms with Crippen molar-refractivity contribution in [3.8, 4) is 0 Å². The van der Waals surface area contributed by atoms with Crippen molar-refractivity contribution in [1.29, 1.82) is 0 Å². The van der Waals surface area contributed by atoms with E-state index in [1.54, 1.807) is 12.1 Å². The normalized spacial score (nSPS) is 29.3. The van der Waals surface area contributed by atoms with Gasteiger partial charge in [0.05, 0.1) is 5.25 Å². The molecule has 1 N–H and O–H groups in total. The van der Waals surface area contributed by atoms with E-state index in [0.29, 0.717) is 10.9 Å². The molecule has 3 rings (SSSR count). The van der Waals surface area contributed by atoms with Crippen LogP contribution in [0.25, 0.3) is 0 Å². The van der Waals surface area contributed by atoms with Gasteiger partial charge in [0.25, 0.3) is 5.03 Å². The molecule has 22 heavy (non-hydrogen) atoms. The quantitative estimate of drug-likeness (QED) is 0.515. The number of carbonyl (C=O) groups excluding carboxylic acids is 1. The van der Waals surface area contributed by atoms with Gasteiger partial charge in [-0.1, -0.05) is 6.42 Å². The van der Waals surface area contributed by atoms with Gasteiger partial charge in [0.1, 0.15) is 0 Å². The van der Waals surface area contributed by atoms with Gasteiger partial charge in [-0.2, -0.15) is 4.73 Å². The van der Waals surface area contributed by atoms with Crippen LogP contribution in [0.2, 0.25) is 0 Å². The van der Waals surface area contributed by atoms with E-state index >= 15 is 0 Å². The van der Waals surface area contributed by atoms with E-state index in [1.807, 2.05) is 13.0 Å². The SMILES string of the molecule is C[C@H](Sc1cccc[n+]1[O-])C(=O)N[C@@H](C)[C@H]1C[C@H]2CC[C@H]1C2. The molecule has 2 aliphatic rings. The van der Waals surface area contributed by atoms with E-state index in [4.69, 9.17) is 0 Å². The van der Waals surface area contributed by atoms with Crippen LogP contribution in [0.15, 0.2) is 29.4 Å². The van der Waals surface area contributed by atoms with Crippen molar-refractivity contribution in [3.05, 3.63) is 29.6 Å². The zero-order valence-electron chi connectivity index (χ0n) is 13.2. The lowest BCUT2D eigenvalue weighted by atomic mass is 9.84. The highest BCUT2D eigenvalue weighted by atomic mass is 32.2. The maximum Gasteiger partial charge on any atom is 0.252 e. The maximum absolute atomic E-state index is 12.4. The predicted octanol–water partition coefficient (Wildman–Crippen LogP) is 2.74. The molecule has 0 aromatic carbocycles. The standard InChI is InChI=1S/C17H24N2O2S/c1-11(15-10-13-6-7-14(15)9-13)18-17(20)12(2)22-16-5-3-4-8-19(16)21/h3-5,8,11-15H,6-7,9-10H2,1-2H3,(H,18,20)/t11-,12-,13-,14-,15+/m0/s1. The van der Waals surface area contributed by atoms with Crippen LogP contribution in [0.4, 0.5) is 0 Å². The lowest BCUT2D eigenvalue weighted by Gasteiger charge is -2.29. The Labute approximate surface area is 136 Å². The smallest absolute Gasteiger partial charge is 0.252 e. The monoisotopic (exact) mass is 320 g/mol. The highest BCUT2D eigenvalue weighted by Gasteiger charge is 2.42. The van der Waals surface area contributed by atoms with Gasteiger partial charge < -0.3 is 10.5 Å². The molecule has 120 valence electrons. The summed E-state index contributed by atoms with van der Waals surface area (Å²) in [4.78, 5) is 12.4. The highest BCUT2D eigenvalue weighted by Crippen LogP contribution is 2.49. The fourth-order valence-corrected chi connectivity index (χ4v) is 4.95. The number of carbonyl (C=O) groups is 1. The van der Waals surface area contributed by atoms with Crippen LogP contribution in [0.1, 0.15) is 39.5 Å². The molecule has 2 aliphatic carbocycles. The van der Waals surface area contributed by atoms with Gasteiger partial charge in [-0.05, 0) is 68.7 Å². The number of thioether (sulfide) groups is 1. The van der Waals surface area contributed by atoms with E-state index in [9.17, 15) is 10.0 Å². The van der Waals surface area contributed by atoms with Crippen LogP contribution >= 0.6 is 11.8 Å². The number of fused-ring (bicyclic) bond motifs is 2. The number of nitrogens with zero attached hydrogens (tertiary/aromatic N) is 1. The Bertz CT molecular complexity index is 551. The van der Waals surface area contributed by atoms with Crippen LogP contribution in [0, 0.1) is 23.0 Å². The molecule has 0 unspecified atom stereocenters. The number of pyridine rings is 1. The van der Waals surface area contributed by atoms with Crippen molar-refractivity contribution < 1.29 is 9.52 Å². The molecule has 4 nitrogen and oxygen atoms in total. The van der Waals surface area contributed by atoms with Crippen molar-refractivity contribution in [2.24, 2.45) is 17.8 Å². The van der Waals surface area contributed by atoms with E-state index in [1.165, 1.54) is 43.6 Å². The minimum absolute atomic E-state index is 0.0316. The summed E-state index contributed by atoms with van der Waals surface area (Å²) in [7, 11) is 0. The molecule has 1 amide bonds. The first-order valence-electron chi connectivity index (χ1n) is 8.20. The summed E-state index contributed by atoms with van der Waals surface area (Å²) in [5.41, 5.74) is 0. The first kappa shape index (κ1) is 15.7. The van der Waals surface area contributed by atoms with E-state index in [0.717, 1.165) is 16.6 Å².